The highest BCUT2D eigenvalue weighted by Gasteiger charge is 2.32. The van der Waals surface area contributed by atoms with E-state index in [4.69, 9.17) is 0 Å². The van der Waals surface area contributed by atoms with Crippen LogP contribution in [0.2, 0.25) is 0 Å². The third-order valence-corrected chi connectivity index (χ3v) is 5.23. The fraction of sp³-hybridized carbons (Fsp3) is 0.467. The predicted octanol–water partition coefficient (Wildman–Crippen LogP) is 1.31. The fourth-order valence-electron chi connectivity index (χ4n) is 2.65. The van der Waals surface area contributed by atoms with Crippen LogP contribution in [0.5, 0.6) is 0 Å². The van der Waals surface area contributed by atoms with Crippen molar-refractivity contribution in [3.8, 4) is 0 Å². The van der Waals surface area contributed by atoms with Gasteiger partial charge in [-0.1, -0.05) is 0 Å². The Morgan fingerprint density at radius 3 is 3.00 bits per heavy atom. The van der Waals surface area contributed by atoms with Gasteiger partial charge in [0.05, 0.1) is 11.2 Å². The van der Waals surface area contributed by atoms with Crippen LogP contribution < -0.4 is 10.6 Å². The molecule has 2 amide bonds. The zero-order chi connectivity index (χ0) is 15.7. The summed E-state index contributed by atoms with van der Waals surface area (Å²) in [4.78, 5) is 23.5. The van der Waals surface area contributed by atoms with Gasteiger partial charge in [0, 0.05) is 24.4 Å². The summed E-state index contributed by atoms with van der Waals surface area (Å²) in [6.07, 6.45) is 1.44. The number of benzene rings is 1. The van der Waals surface area contributed by atoms with Crippen LogP contribution in [0.3, 0.4) is 0 Å². The first-order valence-electron chi connectivity index (χ1n) is 7.17. The number of thioether (sulfide) groups is 1. The number of nitrogens with one attached hydrogen (secondary N) is 2. The Morgan fingerprint density at radius 1 is 1.45 bits per heavy atom. The maximum atomic E-state index is 14.1. The molecule has 1 atom stereocenters. The minimum Gasteiger partial charge on any atom is -0.387 e. The molecule has 5 nitrogen and oxygen atoms in total. The monoisotopic (exact) mass is 324 g/mol. The molecular weight excluding hydrogens is 307 g/mol. The highest BCUT2D eigenvalue weighted by Crippen LogP contribution is 2.28. The first-order valence-corrected chi connectivity index (χ1v) is 8.33. The Bertz CT molecular complexity index is 629. The van der Waals surface area contributed by atoms with Gasteiger partial charge in [0.2, 0.25) is 5.91 Å². The number of hydrogen-bond donors (Lipinski definition) is 3. The Hall–Kier alpha value is -1.60. The standard InChI is InChI=1S/C15H17FN2O3S/c16-11-6-12-9(1-2-13(19)18-12)5-10(11)14(20)17-7-15(21)3-4-22-8-15/h5-6,21H,1-4,7-8H2,(H,17,20)(H,18,19)/t15-/m0/s1. The fourth-order valence-corrected chi connectivity index (χ4v) is 3.95. The molecule has 0 aromatic heterocycles. The topological polar surface area (TPSA) is 78.4 Å². The van der Waals surface area contributed by atoms with E-state index in [1.165, 1.54) is 12.1 Å². The lowest BCUT2D eigenvalue weighted by atomic mass is 9.99. The van der Waals surface area contributed by atoms with Gasteiger partial charge in [-0.15, -0.1) is 0 Å². The minimum absolute atomic E-state index is 0.0517. The summed E-state index contributed by atoms with van der Waals surface area (Å²) in [7, 11) is 0. The van der Waals surface area contributed by atoms with Crippen molar-refractivity contribution in [3.63, 3.8) is 0 Å². The first-order chi connectivity index (χ1) is 10.5. The molecule has 0 spiro atoms. The second kappa shape index (κ2) is 5.89. The van der Waals surface area contributed by atoms with Crippen molar-refractivity contribution >= 4 is 29.3 Å². The quantitative estimate of drug-likeness (QED) is 0.783. The van der Waals surface area contributed by atoms with E-state index in [9.17, 15) is 19.1 Å². The number of carbonyl (C=O) groups excluding carboxylic acids is 2. The van der Waals surface area contributed by atoms with Crippen LogP contribution in [0.25, 0.3) is 0 Å². The highest BCUT2D eigenvalue weighted by molar-refractivity contribution is 7.99. The van der Waals surface area contributed by atoms with E-state index in [-0.39, 0.29) is 18.0 Å². The van der Waals surface area contributed by atoms with Crippen molar-refractivity contribution in [2.45, 2.75) is 24.9 Å². The average Bonchev–Trinajstić information content (AvgIpc) is 2.91. The minimum atomic E-state index is -0.904. The number of halogens is 1. The zero-order valence-electron chi connectivity index (χ0n) is 11.9. The number of carbonyl (C=O) groups is 2. The van der Waals surface area contributed by atoms with Crippen molar-refractivity contribution in [1.82, 2.24) is 5.32 Å². The number of aliphatic hydroxyl groups is 1. The van der Waals surface area contributed by atoms with Crippen molar-refractivity contribution in [2.24, 2.45) is 0 Å². The number of anilines is 1. The Balaban J connectivity index is 1.73. The number of aryl methyl sites for hydroxylation is 1. The summed E-state index contributed by atoms with van der Waals surface area (Å²) in [6.45, 7) is 0.117. The van der Waals surface area contributed by atoms with Crippen LogP contribution in [-0.4, -0.2) is 40.6 Å². The van der Waals surface area contributed by atoms with E-state index in [0.29, 0.717) is 30.7 Å². The molecule has 0 bridgehead atoms. The molecule has 2 aliphatic heterocycles. The number of amides is 2. The van der Waals surface area contributed by atoms with Gasteiger partial charge in [-0.2, -0.15) is 11.8 Å². The van der Waals surface area contributed by atoms with E-state index in [2.05, 4.69) is 10.6 Å². The molecule has 2 aliphatic rings. The van der Waals surface area contributed by atoms with Gasteiger partial charge in [-0.05, 0) is 36.3 Å². The highest BCUT2D eigenvalue weighted by atomic mass is 32.2. The molecule has 22 heavy (non-hydrogen) atoms. The summed E-state index contributed by atoms with van der Waals surface area (Å²) in [5.74, 6) is 0.0736. The summed E-state index contributed by atoms with van der Waals surface area (Å²) in [5.41, 5.74) is 0.223. The predicted molar refractivity (Wildman–Crippen MR) is 82.6 cm³/mol. The molecule has 1 aromatic rings. The molecule has 0 radical (unpaired) electrons. The molecule has 3 N–H and O–H groups in total. The number of fused-ring (bicyclic) bond motifs is 1. The third-order valence-electron chi connectivity index (χ3n) is 3.99. The molecular formula is C15H17FN2O3S. The van der Waals surface area contributed by atoms with Gasteiger partial charge in [-0.3, -0.25) is 9.59 Å². The lowest BCUT2D eigenvalue weighted by molar-refractivity contribution is -0.116. The maximum Gasteiger partial charge on any atom is 0.254 e. The smallest absolute Gasteiger partial charge is 0.254 e. The van der Waals surface area contributed by atoms with Gasteiger partial charge in [0.25, 0.3) is 5.91 Å². The van der Waals surface area contributed by atoms with Crippen molar-refractivity contribution in [3.05, 3.63) is 29.1 Å². The molecule has 0 saturated carbocycles. The second-order valence-corrected chi connectivity index (χ2v) is 6.85. The van der Waals surface area contributed by atoms with Crippen LogP contribution in [-0.2, 0) is 11.2 Å². The molecule has 3 rings (SSSR count). The molecule has 2 heterocycles. The van der Waals surface area contributed by atoms with Crippen LogP contribution in [0, 0.1) is 5.82 Å². The number of hydrogen-bond acceptors (Lipinski definition) is 4. The van der Waals surface area contributed by atoms with Crippen molar-refractivity contribution in [1.29, 1.82) is 0 Å². The van der Waals surface area contributed by atoms with Crippen LogP contribution >= 0.6 is 11.8 Å². The molecule has 1 aromatic carbocycles. The Morgan fingerprint density at radius 2 is 2.27 bits per heavy atom. The summed E-state index contributed by atoms with van der Waals surface area (Å²) in [5, 5.41) is 15.4. The summed E-state index contributed by atoms with van der Waals surface area (Å²) >= 11 is 1.63. The molecule has 1 fully saturated rings. The van der Waals surface area contributed by atoms with E-state index in [0.717, 1.165) is 11.3 Å². The molecule has 0 unspecified atom stereocenters. The van der Waals surface area contributed by atoms with Crippen molar-refractivity contribution in [2.75, 3.05) is 23.4 Å². The first kappa shape index (κ1) is 15.3. The van der Waals surface area contributed by atoms with Gasteiger partial charge in [-0.25, -0.2) is 4.39 Å². The Labute approximate surface area is 131 Å². The van der Waals surface area contributed by atoms with Crippen LogP contribution in [0.1, 0.15) is 28.8 Å². The van der Waals surface area contributed by atoms with Gasteiger partial charge in [0.1, 0.15) is 5.82 Å². The Kier molecular flexibility index (Phi) is 4.10. The largest absolute Gasteiger partial charge is 0.387 e. The van der Waals surface area contributed by atoms with Gasteiger partial charge in [0.15, 0.2) is 0 Å². The van der Waals surface area contributed by atoms with Crippen LogP contribution in [0.4, 0.5) is 10.1 Å². The summed E-state index contributed by atoms with van der Waals surface area (Å²) in [6, 6.07) is 2.66. The lowest BCUT2D eigenvalue weighted by Gasteiger charge is -2.22. The van der Waals surface area contributed by atoms with E-state index < -0.39 is 17.3 Å². The SMILES string of the molecule is O=C1CCc2cc(C(=O)NC[C@@]3(O)CCSC3)c(F)cc2N1. The second-order valence-electron chi connectivity index (χ2n) is 5.75. The zero-order valence-corrected chi connectivity index (χ0v) is 12.8. The van der Waals surface area contributed by atoms with Gasteiger partial charge >= 0.3 is 0 Å². The van der Waals surface area contributed by atoms with Crippen LogP contribution in [0.15, 0.2) is 12.1 Å². The van der Waals surface area contributed by atoms with E-state index in [1.807, 2.05) is 0 Å². The van der Waals surface area contributed by atoms with Crippen molar-refractivity contribution < 1.29 is 19.1 Å². The van der Waals surface area contributed by atoms with Gasteiger partial charge < -0.3 is 15.7 Å². The molecule has 1 saturated heterocycles. The lowest BCUT2D eigenvalue weighted by Crippen LogP contribution is -2.43. The molecule has 118 valence electrons. The maximum absolute atomic E-state index is 14.1. The summed E-state index contributed by atoms with van der Waals surface area (Å²) < 4.78 is 14.1. The third kappa shape index (κ3) is 3.10. The molecule has 7 heteroatoms. The average molecular weight is 324 g/mol. The van der Waals surface area contributed by atoms with E-state index >= 15 is 0 Å². The van der Waals surface area contributed by atoms with E-state index in [1.54, 1.807) is 11.8 Å². The molecule has 0 aliphatic carbocycles. The normalized spacial score (nSPS) is 23.8. The number of rotatable bonds is 3.